The van der Waals surface area contributed by atoms with Crippen molar-refractivity contribution in [3.05, 3.63) is 0 Å². The lowest BCUT2D eigenvalue weighted by Gasteiger charge is -2.28. The lowest BCUT2D eigenvalue weighted by atomic mass is 9.81. The Morgan fingerprint density at radius 3 is 2.56 bits per heavy atom. The van der Waals surface area contributed by atoms with Gasteiger partial charge >= 0.3 is 0 Å². The van der Waals surface area contributed by atoms with Crippen LogP contribution < -0.4 is 10.6 Å². The molecule has 1 aliphatic heterocycles. The largest absolute Gasteiger partial charge is 0.352 e. The van der Waals surface area contributed by atoms with Crippen molar-refractivity contribution in [3.63, 3.8) is 0 Å². The first-order chi connectivity index (χ1) is 8.24. The Labute approximate surface area is 117 Å². The van der Waals surface area contributed by atoms with Crippen molar-refractivity contribution in [1.29, 1.82) is 0 Å². The lowest BCUT2D eigenvalue weighted by molar-refractivity contribution is -0.123. The molecule has 1 amide bonds. The molecule has 0 aromatic rings. The van der Waals surface area contributed by atoms with Crippen molar-refractivity contribution >= 4 is 18.3 Å². The SMILES string of the molecule is CC1CCC(CC(=O)N[C@H]2CCCNC2)CC1.Cl. The number of carbonyl (C=O) groups excluding carboxylic acids is 1. The fraction of sp³-hybridized carbons (Fsp3) is 0.929. The summed E-state index contributed by atoms with van der Waals surface area (Å²) < 4.78 is 0. The highest BCUT2D eigenvalue weighted by Crippen LogP contribution is 2.30. The molecule has 0 radical (unpaired) electrons. The highest BCUT2D eigenvalue weighted by Gasteiger charge is 2.22. The van der Waals surface area contributed by atoms with E-state index in [0.29, 0.717) is 12.0 Å². The summed E-state index contributed by atoms with van der Waals surface area (Å²) >= 11 is 0. The van der Waals surface area contributed by atoms with E-state index in [-0.39, 0.29) is 18.3 Å². The molecule has 0 bridgehead atoms. The van der Waals surface area contributed by atoms with E-state index in [0.717, 1.165) is 31.8 Å². The standard InChI is InChI=1S/C14H26N2O.ClH/c1-11-4-6-12(7-5-11)9-14(17)16-13-3-2-8-15-10-13;/h11-13,15H,2-10H2,1H3,(H,16,17);1H/t11?,12?,13-;/m0./s1. The fourth-order valence-corrected chi connectivity index (χ4v) is 3.06. The van der Waals surface area contributed by atoms with Gasteiger partial charge in [-0.05, 0) is 44.1 Å². The third kappa shape index (κ3) is 5.15. The van der Waals surface area contributed by atoms with E-state index in [1.807, 2.05) is 0 Å². The summed E-state index contributed by atoms with van der Waals surface area (Å²) in [7, 11) is 0. The third-order valence-electron chi connectivity index (χ3n) is 4.27. The summed E-state index contributed by atoms with van der Waals surface area (Å²) in [5.41, 5.74) is 0. The van der Waals surface area contributed by atoms with Gasteiger partial charge in [-0.15, -0.1) is 12.4 Å². The Kier molecular flexibility index (Phi) is 7.02. The van der Waals surface area contributed by atoms with Crippen molar-refractivity contribution in [2.45, 2.75) is 57.9 Å². The molecule has 2 rings (SSSR count). The summed E-state index contributed by atoms with van der Waals surface area (Å²) in [6, 6.07) is 0.374. The Balaban J connectivity index is 0.00000162. The number of halogens is 1. The first-order valence-electron chi connectivity index (χ1n) is 7.24. The third-order valence-corrected chi connectivity index (χ3v) is 4.27. The van der Waals surface area contributed by atoms with E-state index in [4.69, 9.17) is 0 Å². The van der Waals surface area contributed by atoms with Crippen LogP contribution in [0.1, 0.15) is 51.9 Å². The van der Waals surface area contributed by atoms with Gasteiger partial charge in [-0.2, -0.15) is 0 Å². The smallest absolute Gasteiger partial charge is 0.220 e. The molecule has 0 aromatic heterocycles. The number of amides is 1. The molecule has 2 N–H and O–H groups in total. The maximum Gasteiger partial charge on any atom is 0.220 e. The van der Waals surface area contributed by atoms with Crippen LogP contribution in [0, 0.1) is 11.8 Å². The molecular formula is C14H27ClN2O. The molecule has 2 aliphatic rings. The minimum absolute atomic E-state index is 0. The molecular weight excluding hydrogens is 248 g/mol. The van der Waals surface area contributed by atoms with Crippen LogP contribution in [0.15, 0.2) is 0 Å². The maximum absolute atomic E-state index is 11.9. The molecule has 3 nitrogen and oxygen atoms in total. The fourth-order valence-electron chi connectivity index (χ4n) is 3.06. The van der Waals surface area contributed by atoms with Gasteiger partial charge in [-0.1, -0.05) is 19.8 Å². The van der Waals surface area contributed by atoms with E-state index in [1.165, 1.54) is 32.1 Å². The average molecular weight is 275 g/mol. The van der Waals surface area contributed by atoms with Gasteiger partial charge in [-0.3, -0.25) is 4.79 Å². The Bertz CT molecular complexity index is 246. The van der Waals surface area contributed by atoms with Crippen molar-refractivity contribution in [2.75, 3.05) is 13.1 Å². The van der Waals surface area contributed by atoms with E-state index in [2.05, 4.69) is 17.6 Å². The number of rotatable bonds is 3. The van der Waals surface area contributed by atoms with Crippen LogP contribution in [-0.4, -0.2) is 25.0 Å². The molecule has 1 atom stereocenters. The van der Waals surface area contributed by atoms with Gasteiger partial charge in [-0.25, -0.2) is 0 Å². The summed E-state index contributed by atoms with van der Waals surface area (Å²) in [6.07, 6.45) is 8.19. The second-order valence-electron chi connectivity index (χ2n) is 5.94. The molecule has 0 unspecified atom stereocenters. The van der Waals surface area contributed by atoms with Crippen LogP contribution in [0.2, 0.25) is 0 Å². The second-order valence-corrected chi connectivity index (χ2v) is 5.94. The van der Waals surface area contributed by atoms with Crippen molar-refractivity contribution < 1.29 is 4.79 Å². The van der Waals surface area contributed by atoms with Gasteiger partial charge in [0.25, 0.3) is 0 Å². The summed E-state index contributed by atoms with van der Waals surface area (Å²) in [4.78, 5) is 11.9. The lowest BCUT2D eigenvalue weighted by Crippen LogP contribution is -2.46. The topological polar surface area (TPSA) is 41.1 Å². The zero-order valence-corrected chi connectivity index (χ0v) is 12.2. The van der Waals surface area contributed by atoms with Gasteiger partial charge in [0.15, 0.2) is 0 Å². The van der Waals surface area contributed by atoms with Crippen molar-refractivity contribution in [2.24, 2.45) is 11.8 Å². The summed E-state index contributed by atoms with van der Waals surface area (Å²) in [6.45, 7) is 4.38. The Morgan fingerprint density at radius 1 is 1.22 bits per heavy atom. The highest BCUT2D eigenvalue weighted by molar-refractivity contribution is 5.85. The molecule has 1 heterocycles. The molecule has 0 aromatic carbocycles. The predicted octanol–water partition coefficient (Wildman–Crippen LogP) is 2.49. The summed E-state index contributed by atoms with van der Waals surface area (Å²) in [5, 5.41) is 6.51. The van der Waals surface area contributed by atoms with Crippen molar-refractivity contribution in [3.8, 4) is 0 Å². The van der Waals surface area contributed by atoms with Gasteiger partial charge in [0, 0.05) is 19.0 Å². The molecule has 4 heteroatoms. The average Bonchev–Trinajstić information content (AvgIpc) is 2.33. The molecule has 1 aliphatic carbocycles. The van der Waals surface area contributed by atoms with E-state index < -0.39 is 0 Å². The zero-order valence-electron chi connectivity index (χ0n) is 11.4. The molecule has 1 saturated heterocycles. The van der Waals surface area contributed by atoms with Crippen LogP contribution in [-0.2, 0) is 4.79 Å². The maximum atomic E-state index is 11.9. The monoisotopic (exact) mass is 274 g/mol. The normalized spacial score (nSPS) is 32.4. The summed E-state index contributed by atoms with van der Waals surface area (Å²) in [5.74, 6) is 1.79. The number of hydrogen-bond acceptors (Lipinski definition) is 2. The minimum Gasteiger partial charge on any atom is -0.352 e. The molecule has 0 spiro atoms. The number of hydrogen-bond donors (Lipinski definition) is 2. The zero-order chi connectivity index (χ0) is 12.1. The van der Waals surface area contributed by atoms with Crippen molar-refractivity contribution in [1.82, 2.24) is 10.6 Å². The van der Waals surface area contributed by atoms with Gasteiger partial charge in [0.1, 0.15) is 0 Å². The van der Waals surface area contributed by atoms with Gasteiger partial charge in [0.2, 0.25) is 5.91 Å². The highest BCUT2D eigenvalue weighted by atomic mass is 35.5. The number of nitrogens with one attached hydrogen (secondary N) is 2. The first-order valence-corrected chi connectivity index (χ1v) is 7.24. The molecule has 1 saturated carbocycles. The van der Waals surface area contributed by atoms with Gasteiger partial charge in [0.05, 0.1) is 0 Å². The number of carbonyl (C=O) groups is 1. The van der Waals surface area contributed by atoms with E-state index >= 15 is 0 Å². The second kappa shape index (κ2) is 8.00. The Hall–Kier alpha value is -0.280. The minimum atomic E-state index is 0. The van der Waals surface area contributed by atoms with Crippen LogP contribution in [0.25, 0.3) is 0 Å². The first kappa shape index (κ1) is 15.8. The quantitative estimate of drug-likeness (QED) is 0.830. The van der Waals surface area contributed by atoms with Gasteiger partial charge < -0.3 is 10.6 Å². The van der Waals surface area contributed by atoms with Crippen LogP contribution in [0.4, 0.5) is 0 Å². The van der Waals surface area contributed by atoms with Crippen LogP contribution in [0.5, 0.6) is 0 Å². The predicted molar refractivity (Wildman–Crippen MR) is 77.0 cm³/mol. The van der Waals surface area contributed by atoms with E-state index in [1.54, 1.807) is 0 Å². The van der Waals surface area contributed by atoms with E-state index in [9.17, 15) is 4.79 Å². The molecule has 106 valence electrons. The van der Waals surface area contributed by atoms with Crippen LogP contribution >= 0.6 is 12.4 Å². The number of piperidine rings is 1. The molecule has 18 heavy (non-hydrogen) atoms. The Morgan fingerprint density at radius 2 is 1.94 bits per heavy atom. The molecule has 2 fully saturated rings. The van der Waals surface area contributed by atoms with Crippen LogP contribution in [0.3, 0.4) is 0 Å².